The fourth-order valence-corrected chi connectivity index (χ4v) is 3.76. The third-order valence-electron chi connectivity index (χ3n) is 4.21. The molecule has 152 valence electrons. The normalized spacial score (nSPS) is 11.5. The van der Waals surface area contributed by atoms with E-state index in [4.69, 9.17) is 0 Å². The molecule has 0 unspecified atom stereocenters. The van der Waals surface area contributed by atoms with Crippen molar-refractivity contribution >= 4 is 22.9 Å². The maximum absolute atomic E-state index is 13.6. The van der Waals surface area contributed by atoms with E-state index in [1.165, 1.54) is 29.2 Å². The van der Waals surface area contributed by atoms with Crippen molar-refractivity contribution in [3.05, 3.63) is 77.2 Å². The standard InChI is InChI=1S/C20H14F3N5OS/c1-12-17(30-19(26-12)16-5-2-3-8-24-16)18(29)27-15-7-6-13(28-10-4-9-25-28)11-14(15)20(21,22)23/h2-11H,1H3,(H,27,29). The molecule has 0 saturated carbocycles. The van der Waals surface area contributed by atoms with Gasteiger partial charge in [0, 0.05) is 18.6 Å². The molecule has 0 radical (unpaired) electrons. The van der Waals surface area contributed by atoms with Crippen LogP contribution in [0.4, 0.5) is 18.9 Å². The van der Waals surface area contributed by atoms with Gasteiger partial charge in [0.15, 0.2) is 0 Å². The van der Waals surface area contributed by atoms with Crippen molar-refractivity contribution in [2.45, 2.75) is 13.1 Å². The van der Waals surface area contributed by atoms with Crippen LogP contribution in [0.15, 0.2) is 61.1 Å². The number of nitrogens with zero attached hydrogens (tertiary/aromatic N) is 4. The third kappa shape index (κ3) is 3.94. The van der Waals surface area contributed by atoms with Crippen molar-refractivity contribution in [1.82, 2.24) is 19.7 Å². The number of anilines is 1. The average molecular weight is 429 g/mol. The number of carbonyl (C=O) groups is 1. The van der Waals surface area contributed by atoms with E-state index in [0.717, 1.165) is 17.4 Å². The summed E-state index contributed by atoms with van der Waals surface area (Å²) in [4.78, 5) is 21.5. The summed E-state index contributed by atoms with van der Waals surface area (Å²) in [5, 5.41) is 6.83. The van der Waals surface area contributed by atoms with E-state index in [0.29, 0.717) is 16.4 Å². The second-order valence-corrected chi connectivity index (χ2v) is 7.28. The molecule has 0 aliphatic carbocycles. The van der Waals surface area contributed by atoms with E-state index in [1.807, 2.05) is 0 Å². The number of benzene rings is 1. The predicted octanol–water partition coefficient (Wildman–Crippen LogP) is 4.97. The maximum atomic E-state index is 13.6. The molecule has 0 bridgehead atoms. The number of amides is 1. The Morgan fingerprint density at radius 3 is 2.63 bits per heavy atom. The van der Waals surface area contributed by atoms with Gasteiger partial charge in [-0.2, -0.15) is 18.3 Å². The summed E-state index contributed by atoms with van der Waals surface area (Å²) in [7, 11) is 0. The lowest BCUT2D eigenvalue weighted by Crippen LogP contribution is -2.17. The molecular formula is C20H14F3N5OS. The molecule has 4 aromatic rings. The van der Waals surface area contributed by atoms with Gasteiger partial charge in [-0.05, 0) is 43.3 Å². The Labute approximate surface area is 173 Å². The van der Waals surface area contributed by atoms with Crippen LogP contribution in [-0.2, 0) is 6.18 Å². The van der Waals surface area contributed by atoms with Gasteiger partial charge in [-0.25, -0.2) is 9.67 Å². The number of hydrogen-bond donors (Lipinski definition) is 1. The molecule has 6 nitrogen and oxygen atoms in total. The van der Waals surface area contributed by atoms with E-state index >= 15 is 0 Å². The smallest absolute Gasteiger partial charge is 0.321 e. The second-order valence-electron chi connectivity index (χ2n) is 6.28. The highest BCUT2D eigenvalue weighted by molar-refractivity contribution is 7.17. The molecule has 0 spiro atoms. The van der Waals surface area contributed by atoms with Crippen LogP contribution in [0.25, 0.3) is 16.4 Å². The van der Waals surface area contributed by atoms with E-state index in [-0.39, 0.29) is 16.3 Å². The number of hydrogen-bond acceptors (Lipinski definition) is 5. The summed E-state index contributed by atoms with van der Waals surface area (Å²) in [6, 6.07) is 10.5. The Morgan fingerprint density at radius 1 is 1.13 bits per heavy atom. The van der Waals surface area contributed by atoms with Gasteiger partial charge < -0.3 is 5.32 Å². The van der Waals surface area contributed by atoms with Crippen LogP contribution in [0.5, 0.6) is 0 Å². The van der Waals surface area contributed by atoms with E-state index < -0.39 is 17.6 Å². The maximum Gasteiger partial charge on any atom is 0.418 e. The van der Waals surface area contributed by atoms with Gasteiger partial charge in [-0.15, -0.1) is 11.3 Å². The molecule has 4 rings (SSSR count). The first-order valence-electron chi connectivity index (χ1n) is 8.74. The molecule has 1 amide bonds. The van der Waals surface area contributed by atoms with Crippen LogP contribution in [0.3, 0.4) is 0 Å². The van der Waals surface area contributed by atoms with Crippen molar-refractivity contribution < 1.29 is 18.0 Å². The molecule has 3 heterocycles. The van der Waals surface area contributed by atoms with Gasteiger partial charge in [0.1, 0.15) is 9.88 Å². The average Bonchev–Trinajstić information content (AvgIpc) is 3.38. The summed E-state index contributed by atoms with van der Waals surface area (Å²) >= 11 is 1.07. The van der Waals surface area contributed by atoms with Gasteiger partial charge in [0.25, 0.3) is 5.91 Å². The number of rotatable bonds is 4. The quantitative estimate of drug-likeness (QED) is 0.497. The highest BCUT2D eigenvalue weighted by Crippen LogP contribution is 2.37. The highest BCUT2D eigenvalue weighted by Gasteiger charge is 2.35. The van der Waals surface area contributed by atoms with Crippen molar-refractivity contribution in [1.29, 1.82) is 0 Å². The Hall–Kier alpha value is -3.53. The molecular weight excluding hydrogens is 415 g/mol. The number of carbonyl (C=O) groups excluding carboxylic acids is 1. The number of halogens is 3. The molecule has 0 aliphatic rings. The van der Waals surface area contributed by atoms with Crippen LogP contribution in [0, 0.1) is 6.92 Å². The van der Waals surface area contributed by atoms with Crippen molar-refractivity contribution in [2.75, 3.05) is 5.32 Å². The summed E-state index contributed by atoms with van der Waals surface area (Å²) < 4.78 is 42.2. The van der Waals surface area contributed by atoms with Gasteiger partial charge in [0.2, 0.25) is 0 Å². The Morgan fingerprint density at radius 2 is 1.97 bits per heavy atom. The first-order chi connectivity index (χ1) is 14.3. The summed E-state index contributed by atoms with van der Waals surface area (Å²) in [5.41, 5.74) is -0.0626. The fraction of sp³-hybridized carbons (Fsp3) is 0.100. The van der Waals surface area contributed by atoms with Gasteiger partial charge in [-0.3, -0.25) is 9.78 Å². The number of aromatic nitrogens is 4. The zero-order valence-corrected chi connectivity index (χ0v) is 16.3. The second kappa shape index (κ2) is 7.71. The topological polar surface area (TPSA) is 72.7 Å². The van der Waals surface area contributed by atoms with Crippen LogP contribution >= 0.6 is 11.3 Å². The molecule has 3 aromatic heterocycles. The SMILES string of the molecule is Cc1nc(-c2ccccn2)sc1C(=O)Nc1ccc(-n2cccn2)cc1C(F)(F)F. The number of alkyl halides is 3. The van der Waals surface area contributed by atoms with Gasteiger partial charge in [-0.1, -0.05) is 6.07 Å². The molecule has 0 aliphatic heterocycles. The Kier molecular flexibility index (Phi) is 5.08. The molecule has 0 atom stereocenters. The van der Waals surface area contributed by atoms with E-state index in [2.05, 4.69) is 20.4 Å². The monoisotopic (exact) mass is 429 g/mol. The van der Waals surface area contributed by atoms with Gasteiger partial charge in [0.05, 0.1) is 28.3 Å². The van der Waals surface area contributed by atoms with Crippen LogP contribution in [0.1, 0.15) is 20.9 Å². The minimum atomic E-state index is -4.66. The van der Waals surface area contributed by atoms with Crippen molar-refractivity contribution in [3.63, 3.8) is 0 Å². The number of thiazole rings is 1. The van der Waals surface area contributed by atoms with Crippen molar-refractivity contribution in [2.24, 2.45) is 0 Å². The first kappa shape index (κ1) is 19.8. The number of pyridine rings is 1. The first-order valence-corrected chi connectivity index (χ1v) is 9.56. The lowest BCUT2D eigenvalue weighted by atomic mass is 10.1. The van der Waals surface area contributed by atoms with Crippen molar-refractivity contribution in [3.8, 4) is 16.4 Å². The predicted molar refractivity (Wildman–Crippen MR) is 107 cm³/mol. The molecule has 30 heavy (non-hydrogen) atoms. The minimum Gasteiger partial charge on any atom is -0.321 e. The summed E-state index contributed by atoms with van der Waals surface area (Å²) in [6.07, 6.45) is -0.0571. The van der Waals surface area contributed by atoms with Gasteiger partial charge >= 0.3 is 6.18 Å². The fourth-order valence-electron chi connectivity index (χ4n) is 2.82. The highest BCUT2D eigenvalue weighted by atomic mass is 32.1. The van der Waals surface area contributed by atoms with E-state index in [1.54, 1.807) is 37.4 Å². The Bertz CT molecular complexity index is 1190. The van der Waals surface area contributed by atoms with Crippen LogP contribution < -0.4 is 5.32 Å². The van der Waals surface area contributed by atoms with Crippen LogP contribution in [-0.4, -0.2) is 25.7 Å². The number of nitrogens with one attached hydrogen (secondary N) is 1. The zero-order valence-electron chi connectivity index (χ0n) is 15.5. The lowest BCUT2D eigenvalue weighted by Gasteiger charge is -2.15. The third-order valence-corrected chi connectivity index (χ3v) is 5.39. The molecule has 0 fully saturated rings. The largest absolute Gasteiger partial charge is 0.418 e. The molecule has 10 heteroatoms. The van der Waals surface area contributed by atoms with E-state index in [9.17, 15) is 18.0 Å². The molecule has 1 N–H and O–H groups in total. The van der Waals surface area contributed by atoms with Crippen LogP contribution in [0.2, 0.25) is 0 Å². The number of aryl methyl sites for hydroxylation is 1. The molecule has 0 saturated heterocycles. The lowest BCUT2D eigenvalue weighted by molar-refractivity contribution is -0.136. The zero-order chi connectivity index (χ0) is 21.3. The Balaban J connectivity index is 1.66. The summed E-state index contributed by atoms with van der Waals surface area (Å²) in [5.74, 6) is -0.662. The molecule has 1 aromatic carbocycles. The minimum absolute atomic E-state index is 0.222. The summed E-state index contributed by atoms with van der Waals surface area (Å²) in [6.45, 7) is 1.63.